The molecular formula is C20H17ClN4OS. The number of nitrogens with zero attached hydrogens (tertiary/aromatic N) is 4. The SMILES string of the molecule is Cc1ccc(-n2ccn3c(SCc4ccccc4Cl)nnc3c2=O)cc1C. The Morgan fingerprint density at radius 1 is 1.04 bits per heavy atom. The summed E-state index contributed by atoms with van der Waals surface area (Å²) in [6.07, 6.45) is 3.57. The van der Waals surface area contributed by atoms with Crippen LogP contribution in [0.5, 0.6) is 0 Å². The minimum atomic E-state index is -0.196. The van der Waals surface area contributed by atoms with Gasteiger partial charge in [-0.25, -0.2) is 0 Å². The molecule has 136 valence electrons. The average Bonchev–Trinajstić information content (AvgIpc) is 3.08. The molecular weight excluding hydrogens is 380 g/mol. The van der Waals surface area contributed by atoms with Gasteiger partial charge in [-0.05, 0) is 48.7 Å². The second-order valence-electron chi connectivity index (χ2n) is 6.30. The molecule has 0 fully saturated rings. The number of hydrogen-bond donors (Lipinski definition) is 0. The first-order valence-corrected chi connectivity index (χ1v) is 9.81. The van der Waals surface area contributed by atoms with E-state index in [4.69, 9.17) is 11.6 Å². The van der Waals surface area contributed by atoms with E-state index in [1.54, 1.807) is 15.2 Å². The molecule has 0 aliphatic rings. The molecule has 27 heavy (non-hydrogen) atoms. The van der Waals surface area contributed by atoms with Gasteiger partial charge in [-0.3, -0.25) is 13.8 Å². The Morgan fingerprint density at radius 2 is 1.85 bits per heavy atom. The van der Waals surface area contributed by atoms with Crippen LogP contribution in [0.2, 0.25) is 5.02 Å². The standard InChI is InChI=1S/C20H17ClN4OS/c1-13-7-8-16(11-14(13)2)24-9-10-25-18(19(24)26)22-23-20(25)27-12-15-5-3-4-6-17(15)21/h3-11H,12H2,1-2H3. The zero-order valence-electron chi connectivity index (χ0n) is 14.9. The molecule has 0 aliphatic heterocycles. The van der Waals surface area contributed by atoms with Gasteiger partial charge in [-0.1, -0.05) is 47.6 Å². The average molecular weight is 397 g/mol. The Hall–Kier alpha value is -2.57. The van der Waals surface area contributed by atoms with E-state index in [0.717, 1.165) is 21.8 Å². The van der Waals surface area contributed by atoms with Gasteiger partial charge in [0.2, 0.25) is 5.65 Å². The van der Waals surface area contributed by atoms with E-state index in [0.29, 0.717) is 16.6 Å². The van der Waals surface area contributed by atoms with Gasteiger partial charge >= 0.3 is 5.56 Å². The second kappa shape index (κ2) is 7.21. The van der Waals surface area contributed by atoms with Crippen LogP contribution in [0.4, 0.5) is 0 Å². The number of halogens is 1. The maximum atomic E-state index is 12.9. The second-order valence-corrected chi connectivity index (χ2v) is 7.65. The highest BCUT2D eigenvalue weighted by Crippen LogP contribution is 2.25. The van der Waals surface area contributed by atoms with Crippen LogP contribution in [-0.4, -0.2) is 19.2 Å². The summed E-state index contributed by atoms with van der Waals surface area (Å²) in [6, 6.07) is 13.6. The lowest BCUT2D eigenvalue weighted by molar-refractivity contribution is 0.892. The number of aromatic nitrogens is 4. The topological polar surface area (TPSA) is 52.2 Å². The first-order chi connectivity index (χ1) is 13.0. The van der Waals surface area contributed by atoms with Crippen molar-refractivity contribution in [2.24, 2.45) is 0 Å². The summed E-state index contributed by atoms with van der Waals surface area (Å²) >= 11 is 7.71. The lowest BCUT2D eigenvalue weighted by Gasteiger charge is -2.09. The Morgan fingerprint density at radius 3 is 2.63 bits per heavy atom. The van der Waals surface area contributed by atoms with Crippen LogP contribution < -0.4 is 5.56 Å². The van der Waals surface area contributed by atoms with Crippen molar-refractivity contribution in [1.29, 1.82) is 0 Å². The van der Waals surface area contributed by atoms with Crippen LogP contribution in [-0.2, 0) is 5.75 Å². The van der Waals surface area contributed by atoms with E-state index in [1.165, 1.54) is 17.3 Å². The third-order valence-corrected chi connectivity index (χ3v) is 5.88. The molecule has 2 aromatic heterocycles. The number of aryl methyl sites for hydroxylation is 2. The van der Waals surface area contributed by atoms with Crippen molar-refractivity contribution >= 4 is 29.0 Å². The number of thioether (sulfide) groups is 1. The molecule has 0 unspecified atom stereocenters. The van der Waals surface area contributed by atoms with E-state index >= 15 is 0 Å². The van der Waals surface area contributed by atoms with Gasteiger partial charge in [0.1, 0.15) is 0 Å². The van der Waals surface area contributed by atoms with Gasteiger partial charge < -0.3 is 0 Å². The zero-order valence-corrected chi connectivity index (χ0v) is 16.5. The van der Waals surface area contributed by atoms with Crippen molar-refractivity contribution in [3.8, 4) is 5.69 Å². The van der Waals surface area contributed by atoms with Crippen molar-refractivity contribution in [1.82, 2.24) is 19.2 Å². The predicted molar refractivity (Wildman–Crippen MR) is 109 cm³/mol. The van der Waals surface area contributed by atoms with E-state index in [9.17, 15) is 4.79 Å². The van der Waals surface area contributed by atoms with Gasteiger partial charge in [0, 0.05) is 28.9 Å². The summed E-state index contributed by atoms with van der Waals surface area (Å²) in [5.74, 6) is 0.653. The van der Waals surface area contributed by atoms with E-state index < -0.39 is 0 Å². The van der Waals surface area contributed by atoms with Gasteiger partial charge in [0.15, 0.2) is 5.16 Å². The maximum absolute atomic E-state index is 12.9. The van der Waals surface area contributed by atoms with Crippen LogP contribution in [0.25, 0.3) is 11.3 Å². The van der Waals surface area contributed by atoms with Crippen molar-refractivity contribution in [2.45, 2.75) is 24.8 Å². The van der Waals surface area contributed by atoms with E-state index in [2.05, 4.69) is 10.2 Å². The minimum Gasteiger partial charge on any atom is -0.280 e. The highest BCUT2D eigenvalue weighted by Gasteiger charge is 2.13. The summed E-state index contributed by atoms with van der Waals surface area (Å²) in [7, 11) is 0. The first kappa shape index (κ1) is 17.8. The van der Waals surface area contributed by atoms with Crippen LogP contribution in [0.3, 0.4) is 0 Å². The number of rotatable bonds is 4. The molecule has 2 heterocycles. The normalized spacial score (nSPS) is 11.2. The molecule has 0 saturated carbocycles. The quantitative estimate of drug-likeness (QED) is 0.478. The van der Waals surface area contributed by atoms with Crippen LogP contribution in [0.1, 0.15) is 16.7 Å². The molecule has 2 aromatic carbocycles. The predicted octanol–water partition coefficient (Wildman–Crippen LogP) is 4.44. The Bertz CT molecular complexity index is 1200. The number of hydrogen-bond acceptors (Lipinski definition) is 4. The smallest absolute Gasteiger partial charge is 0.280 e. The zero-order chi connectivity index (χ0) is 19.0. The molecule has 0 aliphatic carbocycles. The Labute approximate surface area is 165 Å². The summed E-state index contributed by atoms with van der Waals surface area (Å²) in [4.78, 5) is 12.9. The highest BCUT2D eigenvalue weighted by molar-refractivity contribution is 7.98. The molecule has 0 amide bonds. The number of benzene rings is 2. The molecule has 0 saturated heterocycles. The van der Waals surface area contributed by atoms with Gasteiger partial charge in [-0.2, -0.15) is 0 Å². The van der Waals surface area contributed by atoms with Crippen molar-refractivity contribution in [3.05, 3.63) is 86.9 Å². The summed E-state index contributed by atoms with van der Waals surface area (Å²) in [5.41, 5.74) is 4.27. The number of fused-ring (bicyclic) bond motifs is 1. The van der Waals surface area contributed by atoms with Crippen molar-refractivity contribution in [2.75, 3.05) is 0 Å². The molecule has 4 rings (SSSR count). The molecule has 5 nitrogen and oxygen atoms in total. The van der Waals surface area contributed by atoms with Crippen LogP contribution >= 0.6 is 23.4 Å². The van der Waals surface area contributed by atoms with Crippen molar-refractivity contribution < 1.29 is 0 Å². The first-order valence-electron chi connectivity index (χ1n) is 8.45. The Balaban J connectivity index is 1.68. The fraction of sp³-hybridized carbons (Fsp3) is 0.150. The molecule has 0 radical (unpaired) electrons. The van der Waals surface area contributed by atoms with Crippen LogP contribution in [0, 0.1) is 13.8 Å². The van der Waals surface area contributed by atoms with Gasteiger partial charge in [0.05, 0.1) is 0 Å². The lowest BCUT2D eigenvalue weighted by atomic mass is 10.1. The summed E-state index contributed by atoms with van der Waals surface area (Å²) < 4.78 is 3.32. The molecule has 0 atom stereocenters. The largest absolute Gasteiger partial charge is 0.300 e. The monoisotopic (exact) mass is 396 g/mol. The van der Waals surface area contributed by atoms with Crippen LogP contribution in [0.15, 0.2) is 64.8 Å². The van der Waals surface area contributed by atoms with Gasteiger partial charge in [-0.15, -0.1) is 10.2 Å². The molecule has 4 aromatic rings. The third kappa shape index (κ3) is 3.38. The highest BCUT2D eigenvalue weighted by atomic mass is 35.5. The minimum absolute atomic E-state index is 0.196. The third-order valence-electron chi connectivity index (χ3n) is 4.52. The van der Waals surface area contributed by atoms with Crippen molar-refractivity contribution in [3.63, 3.8) is 0 Å². The van der Waals surface area contributed by atoms with Gasteiger partial charge in [0.25, 0.3) is 0 Å². The van der Waals surface area contributed by atoms with E-state index in [-0.39, 0.29) is 5.56 Å². The Kier molecular flexibility index (Phi) is 4.76. The molecule has 0 spiro atoms. The summed E-state index contributed by atoms with van der Waals surface area (Å²) in [6.45, 7) is 4.08. The molecule has 0 N–H and O–H groups in total. The maximum Gasteiger partial charge on any atom is 0.300 e. The fourth-order valence-corrected chi connectivity index (χ4v) is 4.00. The molecule has 0 bridgehead atoms. The molecule has 7 heteroatoms. The fourth-order valence-electron chi connectivity index (χ4n) is 2.80. The lowest BCUT2D eigenvalue weighted by Crippen LogP contribution is -2.20. The van der Waals surface area contributed by atoms with E-state index in [1.807, 2.05) is 62.5 Å². The summed E-state index contributed by atoms with van der Waals surface area (Å²) in [5, 5.41) is 9.67.